The minimum absolute atomic E-state index is 0.0481. The maximum absolute atomic E-state index is 12.7. The Bertz CT molecular complexity index is 677. The number of carbonyl (C=O) groups is 1. The summed E-state index contributed by atoms with van der Waals surface area (Å²) < 4.78 is 5.49. The minimum atomic E-state index is -0.0481. The van der Waals surface area contributed by atoms with Crippen molar-refractivity contribution in [3.05, 3.63) is 36.2 Å². The molecule has 0 N–H and O–H groups in total. The number of nitrogens with zero attached hydrogens (tertiary/aromatic N) is 3. The van der Waals surface area contributed by atoms with Crippen LogP contribution in [-0.2, 0) is 4.79 Å². The normalized spacial score (nSPS) is 21.9. The largest absolute Gasteiger partial charge is 0.337 e. The predicted octanol–water partition coefficient (Wildman–Crippen LogP) is 3.59. The quantitative estimate of drug-likeness (QED) is 0.869. The second-order valence-corrected chi connectivity index (χ2v) is 6.49. The molecule has 1 aliphatic heterocycles. The number of benzene rings is 1. The van der Waals surface area contributed by atoms with Crippen molar-refractivity contribution in [1.29, 1.82) is 0 Å². The molecule has 1 aromatic carbocycles. The van der Waals surface area contributed by atoms with E-state index in [1.54, 1.807) is 0 Å². The van der Waals surface area contributed by atoms with Gasteiger partial charge in [-0.25, -0.2) is 0 Å². The van der Waals surface area contributed by atoms with Crippen LogP contribution in [0.1, 0.15) is 50.5 Å². The van der Waals surface area contributed by atoms with Crippen molar-refractivity contribution in [3.63, 3.8) is 0 Å². The maximum Gasteiger partial charge on any atom is 0.249 e. The van der Waals surface area contributed by atoms with Crippen LogP contribution in [0.3, 0.4) is 0 Å². The summed E-state index contributed by atoms with van der Waals surface area (Å²) in [6.07, 6.45) is 6.32. The second-order valence-electron chi connectivity index (χ2n) is 6.49. The van der Waals surface area contributed by atoms with Gasteiger partial charge in [0.1, 0.15) is 6.04 Å². The van der Waals surface area contributed by atoms with Crippen molar-refractivity contribution in [3.8, 4) is 11.4 Å². The molecule has 2 fully saturated rings. The third kappa shape index (κ3) is 2.76. The number of amides is 1. The van der Waals surface area contributed by atoms with Crippen LogP contribution in [-0.4, -0.2) is 27.5 Å². The third-order valence-electron chi connectivity index (χ3n) is 5.00. The fourth-order valence-corrected chi connectivity index (χ4v) is 3.77. The summed E-state index contributed by atoms with van der Waals surface area (Å²) in [7, 11) is 0. The van der Waals surface area contributed by atoms with Gasteiger partial charge in [0, 0.05) is 18.0 Å². The Labute approximate surface area is 135 Å². The first-order chi connectivity index (χ1) is 11.3. The molecule has 2 aromatic rings. The van der Waals surface area contributed by atoms with Gasteiger partial charge in [0.25, 0.3) is 0 Å². The number of aromatic nitrogens is 2. The van der Waals surface area contributed by atoms with Gasteiger partial charge in [-0.1, -0.05) is 48.3 Å². The fraction of sp³-hybridized carbons (Fsp3) is 0.500. The maximum atomic E-state index is 12.7. The first kappa shape index (κ1) is 14.4. The monoisotopic (exact) mass is 311 g/mol. The Hall–Kier alpha value is -2.17. The molecule has 0 spiro atoms. The lowest BCUT2D eigenvalue weighted by atomic mass is 10.1. The Kier molecular flexibility index (Phi) is 3.85. The van der Waals surface area contributed by atoms with Crippen molar-refractivity contribution in [2.75, 3.05) is 6.54 Å². The molecular formula is C18H21N3O2. The predicted molar refractivity (Wildman–Crippen MR) is 85.4 cm³/mol. The summed E-state index contributed by atoms with van der Waals surface area (Å²) in [5.74, 6) is 1.66. The van der Waals surface area contributed by atoms with Gasteiger partial charge < -0.3 is 9.42 Å². The second kappa shape index (κ2) is 6.14. The van der Waals surface area contributed by atoms with Crippen LogP contribution >= 0.6 is 0 Å². The van der Waals surface area contributed by atoms with Crippen molar-refractivity contribution < 1.29 is 9.32 Å². The zero-order valence-corrected chi connectivity index (χ0v) is 13.1. The first-order valence-electron chi connectivity index (χ1n) is 8.52. The molecule has 120 valence electrons. The summed E-state index contributed by atoms with van der Waals surface area (Å²) in [6.45, 7) is 0.809. The molecule has 1 unspecified atom stereocenters. The molecule has 4 rings (SSSR count). The van der Waals surface area contributed by atoms with Gasteiger partial charge in [-0.3, -0.25) is 4.79 Å². The van der Waals surface area contributed by atoms with E-state index in [1.165, 1.54) is 12.8 Å². The lowest BCUT2D eigenvalue weighted by molar-refractivity contribution is -0.136. The van der Waals surface area contributed by atoms with E-state index in [0.717, 1.165) is 37.8 Å². The molecule has 5 heteroatoms. The smallest absolute Gasteiger partial charge is 0.249 e. The highest BCUT2D eigenvalue weighted by atomic mass is 16.5. The van der Waals surface area contributed by atoms with Crippen LogP contribution in [0.25, 0.3) is 11.4 Å². The molecule has 0 bridgehead atoms. The van der Waals surface area contributed by atoms with Gasteiger partial charge in [-0.05, 0) is 25.7 Å². The van der Waals surface area contributed by atoms with Crippen LogP contribution in [0.4, 0.5) is 0 Å². The van der Waals surface area contributed by atoms with E-state index in [9.17, 15) is 4.79 Å². The standard InChI is InChI=1S/C18H21N3O2/c22-18(14-9-4-5-10-14)21-12-6-11-15(21)17-19-16(20-23-17)13-7-2-1-3-8-13/h1-3,7-8,14-15H,4-6,9-12H2. The van der Waals surface area contributed by atoms with Crippen LogP contribution < -0.4 is 0 Å². The SMILES string of the molecule is O=C(C1CCCC1)N1CCCC1c1nc(-c2ccccc2)no1. The van der Waals surface area contributed by atoms with Crippen molar-refractivity contribution in [1.82, 2.24) is 15.0 Å². The highest BCUT2D eigenvalue weighted by Crippen LogP contribution is 2.36. The number of carbonyl (C=O) groups excluding carboxylic acids is 1. The molecular weight excluding hydrogens is 290 g/mol. The molecule has 2 aliphatic rings. The van der Waals surface area contributed by atoms with E-state index >= 15 is 0 Å². The van der Waals surface area contributed by atoms with Crippen LogP contribution in [0, 0.1) is 5.92 Å². The van der Waals surface area contributed by atoms with E-state index in [0.29, 0.717) is 11.7 Å². The molecule has 1 amide bonds. The summed E-state index contributed by atoms with van der Waals surface area (Å²) in [4.78, 5) is 19.3. The van der Waals surface area contributed by atoms with E-state index in [-0.39, 0.29) is 17.9 Å². The minimum Gasteiger partial charge on any atom is -0.337 e. The average molecular weight is 311 g/mol. The number of rotatable bonds is 3. The molecule has 1 atom stereocenters. The molecule has 1 aromatic heterocycles. The van der Waals surface area contributed by atoms with Crippen LogP contribution in [0.2, 0.25) is 0 Å². The molecule has 1 saturated carbocycles. The summed E-state index contributed by atoms with van der Waals surface area (Å²) in [6, 6.07) is 9.75. The third-order valence-corrected chi connectivity index (χ3v) is 5.00. The van der Waals surface area contributed by atoms with Gasteiger partial charge in [-0.2, -0.15) is 4.98 Å². The Balaban J connectivity index is 1.55. The number of hydrogen-bond donors (Lipinski definition) is 0. The Morgan fingerprint density at radius 2 is 1.87 bits per heavy atom. The van der Waals surface area contributed by atoms with Gasteiger partial charge in [0.2, 0.25) is 17.6 Å². The van der Waals surface area contributed by atoms with E-state index in [1.807, 2.05) is 35.2 Å². The average Bonchev–Trinajstić information content (AvgIpc) is 3.35. The number of likely N-dealkylation sites (tertiary alicyclic amines) is 1. The van der Waals surface area contributed by atoms with E-state index in [4.69, 9.17) is 4.52 Å². The van der Waals surface area contributed by atoms with Crippen molar-refractivity contribution >= 4 is 5.91 Å². The van der Waals surface area contributed by atoms with E-state index in [2.05, 4.69) is 10.1 Å². The summed E-state index contributed by atoms with van der Waals surface area (Å²) in [5.41, 5.74) is 0.939. The zero-order chi connectivity index (χ0) is 15.6. The molecule has 0 radical (unpaired) electrons. The lowest BCUT2D eigenvalue weighted by Gasteiger charge is -2.24. The topological polar surface area (TPSA) is 59.2 Å². The molecule has 2 heterocycles. The van der Waals surface area contributed by atoms with Crippen molar-refractivity contribution in [2.45, 2.75) is 44.6 Å². The molecule has 1 saturated heterocycles. The highest BCUT2D eigenvalue weighted by Gasteiger charge is 2.37. The van der Waals surface area contributed by atoms with Crippen molar-refractivity contribution in [2.24, 2.45) is 5.92 Å². The Morgan fingerprint density at radius 1 is 1.09 bits per heavy atom. The van der Waals surface area contributed by atoms with Crippen LogP contribution in [0.5, 0.6) is 0 Å². The molecule has 5 nitrogen and oxygen atoms in total. The Morgan fingerprint density at radius 3 is 2.65 bits per heavy atom. The molecule has 23 heavy (non-hydrogen) atoms. The van der Waals surface area contributed by atoms with Crippen LogP contribution in [0.15, 0.2) is 34.9 Å². The summed E-state index contributed by atoms with van der Waals surface area (Å²) >= 11 is 0. The highest BCUT2D eigenvalue weighted by molar-refractivity contribution is 5.79. The van der Waals surface area contributed by atoms with E-state index < -0.39 is 0 Å². The number of hydrogen-bond acceptors (Lipinski definition) is 4. The summed E-state index contributed by atoms with van der Waals surface area (Å²) in [5, 5.41) is 4.10. The van der Waals surface area contributed by atoms with Gasteiger partial charge in [0.05, 0.1) is 0 Å². The van der Waals surface area contributed by atoms with Gasteiger partial charge in [0.15, 0.2) is 0 Å². The molecule has 1 aliphatic carbocycles. The lowest BCUT2D eigenvalue weighted by Crippen LogP contribution is -2.35. The van der Waals surface area contributed by atoms with Gasteiger partial charge in [-0.15, -0.1) is 0 Å². The van der Waals surface area contributed by atoms with Gasteiger partial charge >= 0.3 is 0 Å². The fourth-order valence-electron chi connectivity index (χ4n) is 3.77. The zero-order valence-electron chi connectivity index (χ0n) is 13.1. The first-order valence-corrected chi connectivity index (χ1v) is 8.52.